The number of benzene rings is 3. The summed E-state index contributed by atoms with van der Waals surface area (Å²) in [5.74, 6) is 0. The molecular weight excluding hydrogens is 364 g/mol. The normalized spacial score (nSPS) is 27.5. The molecule has 2 nitrogen and oxygen atoms in total. The Bertz CT molecular complexity index is 877. The average molecular weight is 395 g/mol. The molecule has 5 rings (SSSR count). The van der Waals surface area contributed by atoms with Crippen LogP contribution in [0.3, 0.4) is 0 Å². The molecule has 2 heterocycles. The summed E-state index contributed by atoms with van der Waals surface area (Å²) in [6, 6.07) is 34.6. The van der Waals surface area contributed by atoms with E-state index < -0.39 is 0 Å². The predicted molar refractivity (Wildman–Crippen MR) is 122 cm³/mol. The van der Waals surface area contributed by atoms with E-state index in [-0.39, 0.29) is 0 Å². The van der Waals surface area contributed by atoms with Gasteiger partial charge in [0.05, 0.1) is 0 Å². The molecule has 30 heavy (non-hydrogen) atoms. The second-order valence-electron chi connectivity index (χ2n) is 8.70. The first kappa shape index (κ1) is 19.5. The van der Waals surface area contributed by atoms with Crippen molar-refractivity contribution in [2.75, 3.05) is 0 Å². The van der Waals surface area contributed by atoms with E-state index in [1.165, 1.54) is 29.5 Å². The fourth-order valence-electron chi connectivity index (χ4n) is 5.24. The lowest BCUT2D eigenvalue weighted by Crippen LogP contribution is -2.37. The molecule has 152 valence electrons. The molecule has 2 saturated heterocycles. The highest BCUT2D eigenvalue weighted by Gasteiger charge is 2.41. The Morgan fingerprint density at radius 2 is 0.900 bits per heavy atom. The van der Waals surface area contributed by atoms with Crippen molar-refractivity contribution in [1.29, 1.82) is 0 Å². The fourth-order valence-corrected chi connectivity index (χ4v) is 5.24. The zero-order chi connectivity index (χ0) is 20.3. The maximum Gasteiger partial charge on any atom is 0.148 e. The lowest BCUT2D eigenvalue weighted by molar-refractivity contribution is 0.118. The zero-order valence-corrected chi connectivity index (χ0v) is 17.7. The van der Waals surface area contributed by atoms with Crippen LogP contribution in [0.2, 0.25) is 0 Å². The Kier molecular flexibility index (Phi) is 5.70. The highest BCUT2D eigenvalue weighted by atomic mass is 15.4. The second-order valence-corrected chi connectivity index (χ2v) is 8.70. The average Bonchev–Trinajstić information content (AvgIpc) is 3.40. The summed E-state index contributed by atoms with van der Waals surface area (Å²) in [5.41, 5.74) is 4.19. The molecule has 0 bridgehead atoms. The molecule has 3 aromatic rings. The van der Waals surface area contributed by atoms with E-state index in [9.17, 15) is 0 Å². The molecule has 0 amide bonds. The van der Waals surface area contributed by atoms with Crippen molar-refractivity contribution in [3.63, 3.8) is 0 Å². The van der Waals surface area contributed by atoms with Crippen LogP contribution < -0.4 is 0 Å². The van der Waals surface area contributed by atoms with Gasteiger partial charge in [0, 0.05) is 24.2 Å². The summed E-state index contributed by atoms with van der Waals surface area (Å²) in [6.07, 6.45) is 4.73. The lowest BCUT2D eigenvalue weighted by Gasteiger charge is -2.37. The Hall–Kier alpha value is -2.42. The monoisotopic (exact) mass is 394 g/mol. The van der Waals surface area contributed by atoms with Gasteiger partial charge in [-0.25, -0.2) is 0 Å². The quantitative estimate of drug-likeness (QED) is 0.470. The minimum atomic E-state index is 0.376. The van der Waals surface area contributed by atoms with Gasteiger partial charge < -0.3 is 0 Å². The van der Waals surface area contributed by atoms with Gasteiger partial charge in [0.2, 0.25) is 0 Å². The van der Waals surface area contributed by atoms with Crippen LogP contribution in [-0.4, -0.2) is 15.8 Å². The molecule has 3 aromatic carbocycles. The number of hydrogen-bond acceptors (Lipinski definition) is 2. The highest BCUT2D eigenvalue weighted by Crippen LogP contribution is 2.47. The topological polar surface area (TPSA) is 6.48 Å². The van der Waals surface area contributed by atoms with Gasteiger partial charge in [-0.2, -0.15) is 0 Å². The second kappa shape index (κ2) is 8.75. The van der Waals surface area contributed by atoms with Crippen molar-refractivity contribution in [1.82, 2.24) is 9.80 Å². The molecular formula is C28H30N2. The Morgan fingerprint density at radius 3 is 1.33 bits per heavy atom. The molecule has 0 N–H and O–H groups in total. The van der Waals surface area contributed by atoms with Gasteiger partial charge in [0.1, 0.15) is 6.67 Å². The van der Waals surface area contributed by atoms with Crippen LogP contribution >= 0.6 is 0 Å². The maximum absolute atomic E-state index is 3.94. The molecule has 0 saturated carbocycles. The molecule has 0 aliphatic carbocycles. The van der Waals surface area contributed by atoms with E-state index in [4.69, 9.17) is 0 Å². The number of hydrogen-bond donors (Lipinski definition) is 0. The van der Waals surface area contributed by atoms with Crippen LogP contribution in [0, 0.1) is 6.67 Å². The van der Waals surface area contributed by atoms with E-state index in [1.54, 1.807) is 0 Å². The molecule has 2 fully saturated rings. The van der Waals surface area contributed by atoms with E-state index in [1.807, 2.05) is 0 Å². The number of likely N-dealkylation sites (tertiary alicyclic amines) is 2. The SMILES string of the molecule is C[C@H]1CC[C@H](c2ccccc2)N1[C]N1[C@@H](c2ccccc2)CC[C@@H]1c1ccccc1. The third-order valence-corrected chi connectivity index (χ3v) is 6.84. The lowest BCUT2D eigenvalue weighted by atomic mass is 10.0. The Labute approximate surface area is 181 Å². The molecule has 2 aliphatic rings. The first-order chi connectivity index (χ1) is 14.8. The van der Waals surface area contributed by atoms with Crippen LogP contribution in [0.25, 0.3) is 0 Å². The van der Waals surface area contributed by atoms with Crippen LogP contribution in [0.5, 0.6) is 0 Å². The molecule has 2 heteroatoms. The number of rotatable bonds is 5. The molecule has 4 atom stereocenters. The van der Waals surface area contributed by atoms with Crippen LogP contribution in [0.15, 0.2) is 91.0 Å². The van der Waals surface area contributed by atoms with Crippen LogP contribution in [0.4, 0.5) is 0 Å². The third kappa shape index (κ3) is 3.82. The van der Waals surface area contributed by atoms with E-state index in [0.717, 1.165) is 12.8 Å². The van der Waals surface area contributed by atoms with Gasteiger partial charge in [-0.05, 0) is 49.3 Å². The summed E-state index contributed by atoms with van der Waals surface area (Å²) < 4.78 is 0. The van der Waals surface area contributed by atoms with E-state index in [0.29, 0.717) is 24.2 Å². The standard InChI is InChI=1S/C28H30N2/c1-22-17-18-26(23-11-5-2-6-12-23)29(22)21-30-27(24-13-7-3-8-14-24)19-20-28(30)25-15-9-4-10-16-25/h2-16,22,26-28H,17-20H2,1H3/t22-,26+,27+,28+/m0/s1. The number of nitrogens with zero attached hydrogens (tertiary/aromatic N) is 2. The van der Waals surface area contributed by atoms with Gasteiger partial charge in [0.25, 0.3) is 0 Å². The molecule has 0 spiro atoms. The van der Waals surface area contributed by atoms with Crippen molar-refractivity contribution in [2.45, 2.75) is 56.8 Å². The largest absolute Gasteiger partial charge is 0.270 e. The predicted octanol–water partition coefficient (Wildman–Crippen LogP) is 6.79. The molecule has 0 aromatic heterocycles. The molecule has 2 radical (unpaired) electrons. The minimum absolute atomic E-state index is 0.376. The van der Waals surface area contributed by atoms with Gasteiger partial charge >= 0.3 is 0 Å². The zero-order valence-electron chi connectivity index (χ0n) is 17.7. The Morgan fingerprint density at radius 1 is 0.533 bits per heavy atom. The van der Waals surface area contributed by atoms with Gasteiger partial charge in [-0.1, -0.05) is 91.0 Å². The van der Waals surface area contributed by atoms with Crippen LogP contribution in [0.1, 0.15) is 67.4 Å². The third-order valence-electron chi connectivity index (χ3n) is 6.84. The molecule has 0 unspecified atom stereocenters. The highest BCUT2D eigenvalue weighted by molar-refractivity contribution is 5.27. The summed E-state index contributed by atoms with van der Waals surface area (Å²) >= 11 is 0. The van der Waals surface area contributed by atoms with Crippen molar-refractivity contribution < 1.29 is 0 Å². The van der Waals surface area contributed by atoms with Gasteiger partial charge in [-0.15, -0.1) is 0 Å². The summed E-state index contributed by atoms with van der Waals surface area (Å²) in [4.78, 5) is 5.04. The van der Waals surface area contributed by atoms with E-state index in [2.05, 4.69) is 114 Å². The van der Waals surface area contributed by atoms with Crippen LogP contribution in [-0.2, 0) is 0 Å². The van der Waals surface area contributed by atoms with E-state index >= 15 is 0 Å². The first-order valence-corrected chi connectivity index (χ1v) is 11.3. The van der Waals surface area contributed by atoms with Crippen molar-refractivity contribution in [3.8, 4) is 0 Å². The van der Waals surface area contributed by atoms with Crippen molar-refractivity contribution >= 4 is 0 Å². The summed E-state index contributed by atoms with van der Waals surface area (Å²) in [7, 11) is 0. The van der Waals surface area contributed by atoms with Crippen molar-refractivity contribution in [2.24, 2.45) is 0 Å². The molecule has 2 aliphatic heterocycles. The first-order valence-electron chi connectivity index (χ1n) is 11.3. The van der Waals surface area contributed by atoms with Gasteiger partial charge in [-0.3, -0.25) is 9.80 Å². The Balaban J connectivity index is 1.47. The smallest absolute Gasteiger partial charge is 0.148 e. The van der Waals surface area contributed by atoms with Crippen molar-refractivity contribution in [3.05, 3.63) is 114 Å². The maximum atomic E-state index is 3.94. The fraction of sp³-hybridized carbons (Fsp3) is 0.321. The van der Waals surface area contributed by atoms with Gasteiger partial charge in [0.15, 0.2) is 0 Å². The summed E-state index contributed by atoms with van der Waals surface area (Å²) in [5, 5.41) is 0. The summed E-state index contributed by atoms with van der Waals surface area (Å²) in [6.45, 7) is 6.29. The minimum Gasteiger partial charge on any atom is -0.270 e.